The molecule has 0 fully saturated rings. The fourth-order valence-electron chi connectivity index (χ4n) is 1.07. The first-order valence-corrected chi connectivity index (χ1v) is 6.62. The number of nitrogens with zero attached hydrogens (tertiary/aromatic N) is 3. The van der Waals surface area contributed by atoms with Crippen molar-refractivity contribution < 1.29 is 4.79 Å². The van der Waals surface area contributed by atoms with Crippen molar-refractivity contribution in [1.82, 2.24) is 4.90 Å². The summed E-state index contributed by atoms with van der Waals surface area (Å²) in [6, 6.07) is 0. The molecule has 4 nitrogen and oxygen atoms in total. The van der Waals surface area contributed by atoms with Crippen LogP contribution < -0.4 is 0 Å². The van der Waals surface area contributed by atoms with Gasteiger partial charge in [0.25, 0.3) is 5.91 Å². The summed E-state index contributed by atoms with van der Waals surface area (Å²) < 4.78 is 0. The zero-order chi connectivity index (χ0) is 12.6. The summed E-state index contributed by atoms with van der Waals surface area (Å²) in [5.41, 5.74) is 1.07. The summed E-state index contributed by atoms with van der Waals surface area (Å²) in [7, 11) is 3.69. The molecular formula is C11H21N3OS. The Bertz CT molecular complexity index is 279. The fraction of sp³-hybridized carbons (Fsp3) is 0.727. The minimum absolute atomic E-state index is 0.148. The van der Waals surface area contributed by atoms with Crippen molar-refractivity contribution >= 4 is 28.5 Å². The van der Waals surface area contributed by atoms with E-state index in [0.717, 1.165) is 18.6 Å². The van der Waals surface area contributed by atoms with Crippen molar-refractivity contribution in [1.29, 1.82) is 0 Å². The zero-order valence-corrected chi connectivity index (χ0v) is 11.6. The van der Waals surface area contributed by atoms with Crippen molar-refractivity contribution in [2.45, 2.75) is 26.7 Å². The van der Waals surface area contributed by atoms with Crippen LogP contribution >= 0.6 is 11.8 Å². The molecule has 0 aliphatic heterocycles. The molecule has 5 heteroatoms. The molecule has 92 valence electrons. The maximum atomic E-state index is 11.5. The SMILES string of the molecule is CCC(CC)=NC(=NC(=O)CN(C)C)SC. The van der Waals surface area contributed by atoms with Crippen LogP contribution in [0.3, 0.4) is 0 Å². The van der Waals surface area contributed by atoms with Crippen molar-refractivity contribution in [3.05, 3.63) is 0 Å². The molecule has 0 aromatic carbocycles. The van der Waals surface area contributed by atoms with Crippen LogP contribution in [0.15, 0.2) is 9.98 Å². The van der Waals surface area contributed by atoms with E-state index < -0.39 is 0 Å². The Morgan fingerprint density at radius 1 is 1.19 bits per heavy atom. The Morgan fingerprint density at radius 3 is 2.12 bits per heavy atom. The van der Waals surface area contributed by atoms with Gasteiger partial charge in [-0.05, 0) is 33.2 Å². The molecule has 0 heterocycles. The maximum Gasteiger partial charge on any atom is 0.262 e. The van der Waals surface area contributed by atoms with E-state index in [1.165, 1.54) is 11.8 Å². The van der Waals surface area contributed by atoms with Crippen LogP contribution in [0.1, 0.15) is 26.7 Å². The van der Waals surface area contributed by atoms with Gasteiger partial charge in [-0.3, -0.25) is 4.79 Å². The summed E-state index contributed by atoms with van der Waals surface area (Å²) in [5.74, 6) is -0.148. The Kier molecular flexibility index (Phi) is 8.11. The van der Waals surface area contributed by atoms with Crippen molar-refractivity contribution in [2.24, 2.45) is 9.98 Å². The smallest absolute Gasteiger partial charge is 0.262 e. The molecule has 16 heavy (non-hydrogen) atoms. The van der Waals surface area contributed by atoms with Gasteiger partial charge in [0.2, 0.25) is 0 Å². The highest BCUT2D eigenvalue weighted by molar-refractivity contribution is 8.13. The molecule has 0 rings (SSSR count). The van der Waals surface area contributed by atoms with E-state index >= 15 is 0 Å². The van der Waals surface area contributed by atoms with Gasteiger partial charge in [-0.25, -0.2) is 4.99 Å². The lowest BCUT2D eigenvalue weighted by Gasteiger charge is -2.05. The van der Waals surface area contributed by atoms with Crippen LogP contribution in [0.2, 0.25) is 0 Å². The van der Waals surface area contributed by atoms with E-state index in [1.807, 2.05) is 20.4 Å². The lowest BCUT2D eigenvalue weighted by molar-refractivity contribution is -0.118. The van der Waals surface area contributed by atoms with Crippen LogP contribution in [0.4, 0.5) is 0 Å². The maximum absolute atomic E-state index is 11.5. The molecule has 0 spiro atoms. The Hall–Kier alpha value is -0.680. The third kappa shape index (κ3) is 6.74. The second-order valence-corrected chi connectivity index (χ2v) is 4.39. The molecule has 0 aromatic rings. The van der Waals surface area contributed by atoms with Crippen LogP contribution in [-0.4, -0.2) is 48.6 Å². The number of aliphatic imine (C=N–C) groups is 2. The summed E-state index contributed by atoms with van der Waals surface area (Å²) in [5, 5.41) is 0.561. The highest BCUT2D eigenvalue weighted by Gasteiger charge is 2.04. The van der Waals surface area contributed by atoms with Gasteiger partial charge in [-0.1, -0.05) is 25.6 Å². The number of hydrogen-bond donors (Lipinski definition) is 0. The average molecular weight is 243 g/mol. The molecule has 0 N–H and O–H groups in total. The minimum Gasteiger partial charge on any atom is -0.301 e. The number of amidine groups is 1. The van der Waals surface area contributed by atoms with Gasteiger partial charge in [0.1, 0.15) is 0 Å². The van der Waals surface area contributed by atoms with Gasteiger partial charge in [-0.15, -0.1) is 0 Å². The number of thioether (sulfide) groups is 1. The lowest BCUT2D eigenvalue weighted by atomic mass is 10.2. The Morgan fingerprint density at radius 2 is 1.75 bits per heavy atom. The van der Waals surface area contributed by atoms with Gasteiger partial charge in [-0.2, -0.15) is 4.99 Å². The predicted octanol–water partition coefficient (Wildman–Crippen LogP) is 2.05. The molecule has 0 radical (unpaired) electrons. The van der Waals surface area contributed by atoms with Gasteiger partial charge in [0, 0.05) is 5.71 Å². The topological polar surface area (TPSA) is 45.0 Å². The third-order valence-corrected chi connectivity index (χ3v) is 2.47. The second-order valence-electron chi connectivity index (χ2n) is 3.62. The van der Waals surface area contributed by atoms with E-state index in [1.54, 1.807) is 4.90 Å². The quantitative estimate of drug-likeness (QED) is 0.561. The first kappa shape index (κ1) is 15.3. The number of hydrogen-bond acceptors (Lipinski definition) is 3. The zero-order valence-electron chi connectivity index (χ0n) is 10.8. The monoisotopic (exact) mass is 243 g/mol. The summed E-state index contributed by atoms with van der Waals surface area (Å²) in [6.45, 7) is 4.44. The van der Waals surface area contributed by atoms with E-state index in [-0.39, 0.29) is 5.91 Å². The lowest BCUT2D eigenvalue weighted by Crippen LogP contribution is -2.20. The fourth-order valence-corrected chi connectivity index (χ4v) is 1.49. The molecule has 0 aliphatic carbocycles. The molecule has 1 amide bonds. The van der Waals surface area contributed by atoms with Crippen LogP contribution in [0, 0.1) is 0 Å². The highest BCUT2D eigenvalue weighted by Crippen LogP contribution is 2.04. The molecule has 0 bridgehead atoms. The van der Waals surface area contributed by atoms with Gasteiger partial charge in [0.15, 0.2) is 5.17 Å². The summed E-state index contributed by atoms with van der Waals surface area (Å²) >= 11 is 1.41. The number of carbonyl (C=O) groups excluding carboxylic acids is 1. The van der Waals surface area contributed by atoms with Gasteiger partial charge >= 0.3 is 0 Å². The van der Waals surface area contributed by atoms with E-state index in [9.17, 15) is 4.79 Å². The largest absolute Gasteiger partial charge is 0.301 e. The molecular weight excluding hydrogens is 222 g/mol. The molecule has 0 atom stereocenters. The highest BCUT2D eigenvalue weighted by atomic mass is 32.2. The number of amides is 1. The second kappa shape index (κ2) is 8.47. The van der Waals surface area contributed by atoms with E-state index in [0.29, 0.717) is 11.7 Å². The average Bonchev–Trinajstić information content (AvgIpc) is 2.22. The van der Waals surface area contributed by atoms with Gasteiger partial charge < -0.3 is 4.90 Å². The first-order chi connectivity index (χ1) is 7.53. The van der Waals surface area contributed by atoms with E-state index in [2.05, 4.69) is 23.8 Å². The standard InChI is InChI=1S/C11H21N3OS/c1-6-9(7-2)12-11(16-5)13-10(15)8-14(3)4/h6-8H2,1-5H3. The molecule has 0 unspecified atom stereocenters. The van der Waals surface area contributed by atoms with E-state index in [4.69, 9.17) is 0 Å². The summed E-state index contributed by atoms with van der Waals surface area (Å²) in [4.78, 5) is 21.6. The third-order valence-electron chi connectivity index (χ3n) is 1.92. The van der Waals surface area contributed by atoms with Crippen molar-refractivity contribution in [2.75, 3.05) is 26.9 Å². The van der Waals surface area contributed by atoms with Crippen molar-refractivity contribution in [3.8, 4) is 0 Å². The molecule has 0 aromatic heterocycles. The number of carbonyl (C=O) groups is 1. The van der Waals surface area contributed by atoms with Crippen LogP contribution in [0.25, 0.3) is 0 Å². The number of rotatable bonds is 4. The van der Waals surface area contributed by atoms with Crippen LogP contribution in [0.5, 0.6) is 0 Å². The molecule has 0 aliphatic rings. The van der Waals surface area contributed by atoms with Gasteiger partial charge in [0.05, 0.1) is 6.54 Å². The summed E-state index contributed by atoms with van der Waals surface area (Å²) in [6.07, 6.45) is 3.68. The predicted molar refractivity (Wildman–Crippen MR) is 72.5 cm³/mol. The normalized spacial score (nSPS) is 11.8. The van der Waals surface area contributed by atoms with Crippen molar-refractivity contribution in [3.63, 3.8) is 0 Å². The minimum atomic E-state index is -0.148. The Labute approximate surface area is 102 Å². The Balaban J connectivity index is 4.65. The first-order valence-electron chi connectivity index (χ1n) is 5.40. The molecule has 0 saturated heterocycles. The number of likely N-dealkylation sites (N-methyl/N-ethyl adjacent to an activating group) is 1. The van der Waals surface area contributed by atoms with Crippen LogP contribution in [-0.2, 0) is 4.79 Å². The molecule has 0 saturated carbocycles.